The molecule has 0 aliphatic rings. The second kappa shape index (κ2) is 6.17. The van der Waals surface area contributed by atoms with Crippen molar-refractivity contribution in [2.45, 2.75) is 43.6 Å². The zero-order valence-corrected chi connectivity index (χ0v) is 14.2. The summed E-state index contributed by atoms with van der Waals surface area (Å²) in [5.74, 6) is 1.87. The molecule has 3 aromatic heterocycles. The van der Waals surface area contributed by atoms with Gasteiger partial charge in [-0.3, -0.25) is 0 Å². The van der Waals surface area contributed by atoms with Gasteiger partial charge in [0.25, 0.3) is 0 Å². The topological polar surface area (TPSA) is 82.5 Å². The Morgan fingerprint density at radius 1 is 1.36 bits per heavy atom. The predicted molar refractivity (Wildman–Crippen MR) is 83.8 cm³/mol. The minimum absolute atomic E-state index is 0.142. The molecule has 0 spiro atoms. The van der Waals surface area contributed by atoms with Crippen molar-refractivity contribution in [3.8, 4) is 0 Å². The standard InChI is InChI=1S/C13H16N6OS2/c1-13(2,3)11-14-10(16-20-11)8-22-12-15-17-18-19(12)7-9-5-4-6-21-9/h4-6H,7-8H2,1-3H3. The molecule has 0 saturated heterocycles. The van der Waals surface area contributed by atoms with Gasteiger partial charge in [0.15, 0.2) is 5.82 Å². The molecule has 7 nitrogen and oxygen atoms in total. The number of tetrazole rings is 1. The Hall–Kier alpha value is -1.74. The van der Waals surface area contributed by atoms with E-state index in [9.17, 15) is 0 Å². The average Bonchev–Trinajstić information content (AvgIpc) is 3.17. The van der Waals surface area contributed by atoms with Crippen molar-refractivity contribution in [3.05, 3.63) is 34.1 Å². The van der Waals surface area contributed by atoms with E-state index in [4.69, 9.17) is 4.52 Å². The molecule has 0 N–H and O–H groups in total. The summed E-state index contributed by atoms with van der Waals surface area (Å²) in [5, 5.41) is 18.6. The molecule has 0 bridgehead atoms. The van der Waals surface area contributed by atoms with E-state index in [2.05, 4.69) is 31.7 Å². The summed E-state index contributed by atoms with van der Waals surface area (Å²) in [6.45, 7) is 6.80. The molecule has 0 radical (unpaired) electrons. The van der Waals surface area contributed by atoms with Crippen LogP contribution in [0.1, 0.15) is 37.4 Å². The lowest BCUT2D eigenvalue weighted by Gasteiger charge is -2.10. The van der Waals surface area contributed by atoms with E-state index in [1.807, 2.05) is 32.2 Å². The van der Waals surface area contributed by atoms with Gasteiger partial charge in [-0.25, -0.2) is 4.68 Å². The molecule has 116 valence electrons. The number of thioether (sulfide) groups is 1. The first-order chi connectivity index (χ1) is 10.5. The van der Waals surface area contributed by atoms with E-state index in [1.165, 1.54) is 16.6 Å². The number of rotatable bonds is 5. The molecule has 0 saturated carbocycles. The Labute approximate surface area is 136 Å². The summed E-state index contributed by atoms with van der Waals surface area (Å²) in [4.78, 5) is 5.62. The Balaban J connectivity index is 1.65. The van der Waals surface area contributed by atoms with Gasteiger partial charge in [0.05, 0.1) is 12.3 Å². The fourth-order valence-electron chi connectivity index (χ4n) is 1.70. The fourth-order valence-corrected chi connectivity index (χ4v) is 3.10. The number of thiophene rings is 1. The van der Waals surface area contributed by atoms with E-state index in [-0.39, 0.29) is 5.41 Å². The lowest BCUT2D eigenvalue weighted by molar-refractivity contribution is 0.319. The van der Waals surface area contributed by atoms with Gasteiger partial charge in [-0.1, -0.05) is 43.8 Å². The number of aromatic nitrogens is 6. The van der Waals surface area contributed by atoms with Crippen molar-refractivity contribution in [2.24, 2.45) is 0 Å². The number of nitrogens with zero attached hydrogens (tertiary/aromatic N) is 6. The maximum atomic E-state index is 5.28. The predicted octanol–water partition coefficient (Wildman–Crippen LogP) is 2.76. The highest BCUT2D eigenvalue weighted by Gasteiger charge is 2.22. The number of hydrogen-bond acceptors (Lipinski definition) is 8. The van der Waals surface area contributed by atoms with Crippen LogP contribution in [0.2, 0.25) is 0 Å². The molecule has 0 aromatic carbocycles. The summed E-state index contributed by atoms with van der Waals surface area (Å²) >= 11 is 3.18. The van der Waals surface area contributed by atoms with Gasteiger partial charge >= 0.3 is 0 Å². The van der Waals surface area contributed by atoms with Crippen LogP contribution in [0.25, 0.3) is 0 Å². The van der Waals surface area contributed by atoms with Gasteiger partial charge in [-0.2, -0.15) is 4.98 Å². The lowest BCUT2D eigenvalue weighted by Crippen LogP contribution is -2.11. The monoisotopic (exact) mass is 336 g/mol. The molecular weight excluding hydrogens is 320 g/mol. The summed E-state index contributed by atoms with van der Waals surface area (Å²) in [6, 6.07) is 4.08. The van der Waals surface area contributed by atoms with Crippen LogP contribution < -0.4 is 0 Å². The van der Waals surface area contributed by atoms with Crippen LogP contribution in [0, 0.1) is 0 Å². The second-order valence-electron chi connectivity index (χ2n) is 5.75. The van der Waals surface area contributed by atoms with Gasteiger partial charge in [0, 0.05) is 10.3 Å². The van der Waals surface area contributed by atoms with Gasteiger partial charge in [-0.05, 0) is 21.9 Å². The van der Waals surface area contributed by atoms with Crippen molar-refractivity contribution in [1.29, 1.82) is 0 Å². The van der Waals surface area contributed by atoms with Crippen LogP contribution in [0.15, 0.2) is 27.2 Å². The van der Waals surface area contributed by atoms with Crippen LogP contribution >= 0.6 is 23.1 Å². The van der Waals surface area contributed by atoms with E-state index >= 15 is 0 Å². The normalized spacial score (nSPS) is 12.0. The van der Waals surface area contributed by atoms with Crippen molar-refractivity contribution in [2.75, 3.05) is 0 Å². The quantitative estimate of drug-likeness (QED) is 0.662. The molecule has 0 fully saturated rings. The first kappa shape index (κ1) is 15.2. The van der Waals surface area contributed by atoms with Gasteiger partial charge < -0.3 is 4.52 Å². The molecule has 0 aliphatic heterocycles. The van der Waals surface area contributed by atoms with E-state index < -0.39 is 0 Å². The summed E-state index contributed by atoms with van der Waals surface area (Å²) < 4.78 is 7.06. The highest BCUT2D eigenvalue weighted by Crippen LogP contribution is 2.23. The van der Waals surface area contributed by atoms with Crippen LogP contribution in [0.4, 0.5) is 0 Å². The SMILES string of the molecule is CC(C)(C)c1nc(CSc2nnnn2Cc2cccs2)no1. The zero-order valence-electron chi connectivity index (χ0n) is 12.6. The highest BCUT2D eigenvalue weighted by molar-refractivity contribution is 7.98. The maximum absolute atomic E-state index is 5.28. The van der Waals surface area contributed by atoms with Crippen LogP contribution in [0.3, 0.4) is 0 Å². The third-order valence-corrected chi connectivity index (χ3v) is 4.64. The Bertz CT molecular complexity index is 728. The van der Waals surface area contributed by atoms with Gasteiger partial charge in [-0.15, -0.1) is 16.4 Å². The zero-order chi connectivity index (χ0) is 15.6. The highest BCUT2D eigenvalue weighted by atomic mass is 32.2. The lowest BCUT2D eigenvalue weighted by atomic mass is 9.97. The van der Waals surface area contributed by atoms with Crippen molar-refractivity contribution < 1.29 is 4.52 Å². The van der Waals surface area contributed by atoms with Crippen molar-refractivity contribution in [3.63, 3.8) is 0 Å². The molecule has 3 rings (SSSR count). The minimum Gasteiger partial charge on any atom is -0.339 e. The molecular formula is C13H16N6OS2. The van der Waals surface area contributed by atoms with E-state index in [0.29, 0.717) is 24.0 Å². The molecule has 0 atom stereocenters. The van der Waals surface area contributed by atoms with Gasteiger partial charge in [0.1, 0.15) is 0 Å². The Morgan fingerprint density at radius 3 is 2.91 bits per heavy atom. The Morgan fingerprint density at radius 2 is 2.23 bits per heavy atom. The smallest absolute Gasteiger partial charge is 0.232 e. The molecule has 3 heterocycles. The van der Waals surface area contributed by atoms with Crippen LogP contribution in [0.5, 0.6) is 0 Å². The average molecular weight is 336 g/mol. The van der Waals surface area contributed by atoms with E-state index in [0.717, 1.165) is 5.16 Å². The van der Waals surface area contributed by atoms with Crippen molar-refractivity contribution >= 4 is 23.1 Å². The molecule has 0 aliphatic carbocycles. The third kappa shape index (κ3) is 3.53. The first-order valence-corrected chi connectivity index (χ1v) is 8.63. The molecule has 0 amide bonds. The molecule has 22 heavy (non-hydrogen) atoms. The number of hydrogen-bond donors (Lipinski definition) is 0. The minimum atomic E-state index is -0.142. The summed E-state index contributed by atoms with van der Waals surface area (Å²) in [7, 11) is 0. The van der Waals surface area contributed by atoms with E-state index in [1.54, 1.807) is 16.0 Å². The third-order valence-electron chi connectivity index (χ3n) is 2.82. The molecule has 3 aromatic rings. The first-order valence-electron chi connectivity index (χ1n) is 6.77. The summed E-state index contributed by atoms with van der Waals surface area (Å²) in [5.41, 5.74) is -0.142. The van der Waals surface area contributed by atoms with Crippen LogP contribution in [-0.2, 0) is 17.7 Å². The molecule has 9 heteroatoms. The van der Waals surface area contributed by atoms with Gasteiger partial charge in [0.2, 0.25) is 11.0 Å². The Kier molecular flexibility index (Phi) is 4.25. The van der Waals surface area contributed by atoms with Crippen molar-refractivity contribution in [1.82, 2.24) is 30.3 Å². The fraction of sp³-hybridized carbons (Fsp3) is 0.462. The largest absolute Gasteiger partial charge is 0.339 e. The second-order valence-corrected chi connectivity index (χ2v) is 7.73. The molecule has 0 unspecified atom stereocenters. The van der Waals surface area contributed by atoms with Crippen LogP contribution in [-0.4, -0.2) is 30.3 Å². The summed E-state index contributed by atoms with van der Waals surface area (Å²) in [6.07, 6.45) is 0. The maximum Gasteiger partial charge on any atom is 0.232 e.